The number of nitrogens with one attached hydrogen (secondary N) is 2. The molecular weight excluding hydrogens is 331 g/mol. The van der Waals surface area contributed by atoms with Crippen LogP contribution in [0.4, 0.5) is 0 Å². The fourth-order valence-corrected chi connectivity index (χ4v) is 2.76. The summed E-state index contributed by atoms with van der Waals surface area (Å²) in [4.78, 5) is 21.1. The van der Waals surface area contributed by atoms with Crippen LogP contribution in [0.3, 0.4) is 0 Å². The Hall–Kier alpha value is -0.560. The molecule has 0 bridgehead atoms. The largest absolute Gasteiger partial charge is 0.481 e. The Morgan fingerprint density at radius 3 is 1.32 bits per heavy atom. The molecule has 4 atom stereocenters. The average Bonchev–Trinajstić information content (AvgIpc) is 2.40. The maximum Gasteiger partial charge on any atom is 0.306 e. The lowest BCUT2D eigenvalue weighted by atomic mass is 9.88. The maximum atomic E-state index is 10.5. The number of halogens is 2. The van der Waals surface area contributed by atoms with Crippen LogP contribution >= 0.6 is 24.8 Å². The fraction of sp³-hybridized carbons (Fsp3) is 0.857. The second-order valence-corrected chi connectivity index (χ2v) is 5.83. The van der Waals surface area contributed by atoms with E-state index < -0.39 is 11.9 Å². The van der Waals surface area contributed by atoms with Gasteiger partial charge in [0.15, 0.2) is 0 Å². The van der Waals surface area contributed by atoms with Gasteiger partial charge in [-0.15, -0.1) is 24.8 Å². The van der Waals surface area contributed by atoms with Crippen LogP contribution in [0.15, 0.2) is 0 Å². The Balaban J connectivity index is 0. The van der Waals surface area contributed by atoms with Crippen molar-refractivity contribution in [3.05, 3.63) is 0 Å². The first-order chi connectivity index (χ1) is 9.43. The molecular formula is C14H28Cl2N2O4. The molecule has 0 aromatic carbocycles. The third kappa shape index (κ3) is 7.63. The molecule has 2 saturated heterocycles. The van der Waals surface area contributed by atoms with Gasteiger partial charge < -0.3 is 20.8 Å². The van der Waals surface area contributed by atoms with Crippen molar-refractivity contribution in [3.8, 4) is 0 Å². The maximum absolute atomic E-state index is 10.5. The fourth-order valence-electron chi connectivity index (χ4n) is 2.76. The highest BCUT2D eigenvalue weighted by Gasteiger charge is 2.27. The van der Waals surface area contributed by atoms with Crippen molar-refractivity contribution in [1.29, 1.82) is 0 Å². The zero-order chi connectivity index (χ0) is 15.1. The molecule has 4 N–H and O–H groups in total. The Kier molecular flexibility index (Phi) is 12.9. The van der Waals surface area contributed by atoms with Gasteiger partial charge >= 0.3 is 11.9 Å². The minimum absolute atomic E-state index is 0. The Morgan fingerprint density at radius 2 is 1.14 bits per heavy atom. The molecule has 8 heteroatoms. The molecule has 0 aromatic heterocycles. The summed E-state index contributed by atoms with van der Waals surface area (Å²) in [6.45, 7) is 7.34. The predicted molar refractivity (Wildman–Crippen MR) is 90.0 cm³/mol. The molecule has 22 heavy (non-hydrogen) atoms. The zero-order valence-electron chi connectivity index (χ0n) is 13.1. The molecule has 2 rings (SSSR count). The van der Waals surface area contributed by atoms with Gasteiger partial charge in [0.1, 0.15) is 0 Å². The van der Waals surface area contributed by atoms with Crippen molar-refractivity contribution in [2.75, 3.05) is 26.2 Å². The molecule has 0 aliphatic carbocycles. The van der Waals surface area contributed by atoms with Crippen LogP contribution in [0.5, 0.6) is 0 Å². The third-order valence-corrected chi connectivity index (χ3v) is 4.21. The van der Waals surface area contributed by atoms with E-state index in [1.165, 1.54) is 0 Å². The van der Waals surface area contributed by atoms with E-state index in [0.717, 1.165) is 39.0 Å². The van der Waals surface area contributed by atoms with Crippen molar-refractivity contribution in [2.45, 2.75) is 26.7 Å². The monoisotopic (exact) mass is 358 g/mol. The summed E-state index contributed by atoms with van der Waals surface area (Å²) < 4.78 is 0. The van der Waals surface area contributed by atoms with Crippen LogP contribution in [-0.4, -0.2) is 48.3 Å². The predicted octanol–water partition coefficient (Wildman–Crippen LogP) is 1.48. The van der Waals surface area contributed by atoms with E-state index in [1.54, 1.807) is 0 Å². The summed E-state index contributed by atoms with van der Waals surface area (Å²) >= 11 is 0. The van der Waals surface area contributed by atoms with Gasteiger partial charge in [-0.05, 0) is 50.9 Å². The second kappa shape index (κ2) is 11.9. The van der Waals surface area contributed by atoms with Crippen molar-refractivity contribution in [3.63, 3.8) is 0 Å². The number of carboxylic acids is 2. The molecule has 0 saturated carbocycles. The van der Waals surface area contributed by atoms with Gasteiger partial charge in [-0.3, -0.25) is 9.59 Å². The number of rotatable bonds is 2. The van der Waals surface area contributed by atoms with Gasteiger partial charge in [-0.25, -0.2) is 0 Å². The highest BCUT2D eigenvalue weighted by molar-refractivity contribution is 5.85. The Labute approximate surface area is 144 Å². The van der Waals surface area contributed by atoms with Crippen LogP contribution in [0.2, 0.25) is 0 Å². The normalized spacial score (nSPS) is 30.6. The van der Waals surface area contributed by atoms with Crippen LogP contribution in [0.1, 0.15) is 26.7 Å². The van der Waals surface area contributed by atoms with E-state index in [2.05, 4.69) is 10.6 Å². The summed E-state index contributed by atoms with van der Waals surface area (Å²) in [7, 11) is 0. The number of carbonyl (C=O) groups is 2. The van der Waals surface area contributed by atoms with Crippen LogP contribution < -0.4 is 10.6 Å². The lowest BCUT2D eigenvalue weighted by Crippen LogP contribution is -2.38. The highest BCUT2D eigenvalue weighted by Crippen LogP contribution is 2.18. The number of aliphatic carboxylic acids is 2. The van der Waals surface area contributed by atoms with Gasteiger partial charge in [-0.2, -0.15) is 0 Å². The molecule has 6 nitrogen and oxygen atoms in total. The van der Waals surface area contributed by atoms with Crippen molar-refractivity contribution in [1.82, 2.24) is 10.6 Å². The summed E-state index contributed by atoms with van der Waals surface area (Å²) in [6, 6.07) is 0. The Morgan fingerprint density at radius 1 is 0.818 bits per heavy atom. The molecule has 0 aromatic rings. The van der Waals surface area contributed by atoms with Gasteiger partial charge in [0.05, 0.1) is 11.8 Å². The lowest BCUT2D eigenvalue weighted by Gasteiger charge is -2.25. The van der Waals surface area contributed by atoms with Crippen molar-refractivity contribution < 1.29 is 19.8 Å². The third-order valence-electron chi connectivity index (χ3n) is 4.21. The van der Waals surface area contributed by atoms with Crippen molar-refractivity contribution in [2.24, 2.45) is 23.7 Å². The quantitative estimate of drug-likeness (QED) is 0.596. The molecule has 0 unspecified atom stereocenters. The number of hydrogen-bond donors (Lipinski definition) is 4. The Bertz CT molecular complexity index is 313. The van der Waals surface area contributed by atoms with E-state index >= 15 is 0 Å². The van der Waals surface area contributed by atoms with E-state index in [1.807, 2.05) is 13.8 Å². The SMILES string of the molecule is C[C@@H]1CNCC[C@@H]1C(=O)O.C[C@H]1CNCC[C@H]1C(=O)O.Cl.Cl. The molecule has 0 radical (unpaired) electrons. The molecule has 2 aliphatic heterocycles. The number of carboxylic acid groups (broad SMARTS) is 2. The van der Waals surface area contributed by atoms with Gasteiger partial charge in [0.2, 0.25) is 0 Å². The molecule has 2 fully saturated rings. The van der Waals surface area contributed by atoms with E-state index in [9.17, 15) is 9.59 Å². The highest BCUT2D eigenvalue weighted by atomic mass is 35.5. The summed E-state index contributed by atoms with van der Waals surface area (Å²) in [6.07, 6.45) is 1.55. The summed E-state index contributed by atoms with van der Waals surface area (Å²) in [5.74, 6) is -0.969. The van der Waals surface area contributed by atoms with Crippen LogP contribution in [-0.2, 0) is 9.59 Å². The first-order valence-corrected chi connectivity index (χ1v) is 7.30. The topological polar surface area (TPSA) is 98.7 Å². The van der Waals surface area contributed by atoms with Gasteiger partial charge in [-0.1, -0.05) is 13.8 Å². The molecule has 0 amide bonds. The number of piperidine rings is 2. The molecule has 0 spiro atoms. The molecule has 2 heterocycles. The minimum atomic E-state index is -0.644. The first-order valence-electron chi connectivity index (χ1n) is 7.30. The van der Waals surface area contributed by atoms with Gasteiger partial charge in [0, 0.05) is 0 Å². The minimum Gasteiger partial charge on any atom is -0.481 e. The summed E-state index contributed by atoms with van der Waals surface area (Å²) in [5.41, 5.74) is 0. The van der Waals surface area contributed by atoms with E-state index in [4.69, 9.17) is 10.2 Å². The summed E-state index contributed by atoms with van der Waals surface area (Å²) in [5, 5.41) is 23.7. The van der Waals surface area contributed by atoms with Crippen LogP contribution in [0, 0.1) is 23.7 Å². The molecule has 132 valence electrons. The van der Waals surface area contributed by atoms with E-state index in [-0.39, 0.29) is 48.5 Å². The second-order valence-electron chi connectivity index (χ2n) is 5.83. The first kappa shape index (κ1) is 23.7. The lowest BCUT2D eigenvalue weighted by molar-refractivity contribution is -0.145. The molecule has 2 aliphatic rings. The van der Waals surface area contributed by atoms with E-state index in [0.29, 0.717) is 0 Å². The number of hydrogen-bond acceptors (Lipinski definition) is 4. The average molecular weight is 359 g/mol. The van der Waals surface area contributed by atoms with Crippen molar-refractivity contribution >= 4 is 36.8 Å². The van der Waals surface area contributed by atoms with Crippen LogP contribution in [0.25, 0.3) is 0 Å². The van der Waals surface area contributed by atoms with Gasteiger partial charge in [0.25, 0.3) is 0 Å². The smallest absolute Gasteiger partial charge is 0.306 e. The zero-order valence-corrected chi connectivity index (χ0v) is 14.7. The standard InChI is InChI=1S/2C7H13NO2.2ClH/c2*1-5-4-8-3-2-6(5)7(9)10;;/h2*5-6,8H,2-4H2,1H3,(H,9,10);2*1H/t2*5-,6+;;/m10../s1.